The Morgan fingerprint density at radius 3 is 2.17 bits per heavy atom. The van der Waals surface area contributed by atoms with Crippen LogP contribution in [0.25, 0.3) is 11.1 Å². The lowest BCUT2D eigenvalue weighted by molar-refractivity contribution is 0.151. The van der Waals surface area contributed by atoms with Crippen molar-refractivity contribution in [2.75, 3.05) is 0 Å². The molecule has 0 aliphatic heterocycles. The SMILES string of the molecule is CC(O)C1(c2ccccc2-c2ccccc2)CC1. The number of hydrogen-bond donors (Lipinski definition) is 1. The summed E-state index contributed by atoms with van der Waals surface area (Å²) in [4.78, 5) is 0. The standard InChI is InChI=1S/C17H18O/c1-13(18)17(11-12-17)16-10-6-5-9-15(16)14-7-3-2-4-8-14/h2-10,13,18H,11-12H2,1H3. The van der Waals surface area contributed by atoms with Crippen molar-refractivity contribution in [1.82, 2.24) is 0 Å². The topological polar surface area (TPSA) is 20.2 Å². The Hall–Kier alpha value is -1.60. The molecule has 1 aliphatic rings. The van der Waals surface area contributed by atoms with Crippen LogP contribution in [0.5, 0.6) is 0 Å². The minimum absolute atomic E-state index is 0.00751. The van der Waals surface area contributed by atoms with Gasteiger partial charge in [-0.15, -0.1) is 0 Å². The van der Waals surface area contributed by atoms with Gasteiger partial charge in [0.05, 0.1) is 6.10 Å². The average Bonchev–Trinajstić information content (AvgIpc) is 3.21. The number of hydrogen-bond acceptors (Lipinski definition) is 1. The molecule has 1 fully saturated rings. The molecule has 1 aliphatic carbocycles. The summed E-state index contributed by atoms with van der Waals surface area (Å²) in [6.45, 7) is 1.91. The Labute approximate surface area is 108 Å². The Morgan fingerprint density at radius 2 is 1.56 bits per heavy atom. The van der Waals surface area contributed by atoms with Gasteiger partial charge in [0.25, 0.3) is 0 Å². The maximum absolute atomic E-state index is 10.1. The molecule has 0 radical (unpaired) electrons. The van der Waals surface area contributed by atoms with Crippen LogP contribution in [0.1, 0.15) is 25.3 Å². The highest BCUT2D eigenvalue weighted by atomic mass is 16.3. The summed E-state index contributed by atoms with van der Waals surface area (Å²) in [5, 5.41) is 10.1. The van der Waals surface area contributed by atoms with Crippen molar-refractivity contribution in [1.29, 1.82) is 0 Å². The maximum Gasteiger partial charge on any atom is 0.0608 e. The molecule has 0 heterocycles. The molecule has 1 atom stereocenters. The molecule has 0 aromatic heterocycles. The minimum atomic E-state index is -0.276. The smallest absolute Gasteiger partial charge is 0.0608 e. The molecule has 1 heteroatoms. The van der Waals surface area contributed by atoms with E-state index in [4.69, 9.17) is 0 Å². The van der Waals surface area contributed by atoms with Gasteiger partial charge in [-0.3, -0.25) is 0 Å². The largest absolute Gasteiger partial charge is 0.392 e. The molecule has 1 saturated carbocycles. The van der Waals surface area contributed by atoms with Crippen molar-refractivity contribution in [3.8, 4) is 11.1 Å². The first-order valence-electron chi connectivity index (χ1n) is 6.57. The van der Waals surface area contributed by atoms with Gasteiger partial charge in [0.15, 0.2) is 0 Å². The Balaban J connectivity index is 2.12. The van der Waals surface area contributed by atoms with Gasteiger partial charge in [-0.1, -0.05) is 54.6 Å². The summed E-state index contributed by atoms with van der Waals surface area (Å²) in [5.41, 5.74) is 3.79. The molecule has 0 saturated heterocycles. The van der Waals surface area contributed by atoms with E-state index in [9.17, 15) is 5.11 Å². The van der Waals surface area contributed by atoms with Crippen LogP contribution in [-0.4, -0.2) is 11.2 Å². The second kappa shape index (κ2) is 4.25. The van der Waals surface area contributed by atoms with Gasteiger partial charge in [0.1, 0.15) is 0 Å². The Morgan fingerprint density at radius 1 is 0.944 bits per heavy atom. The Kier molecular flexibility index (Phi) is 2.71. The van der Waals surface area contributed by atoms with E-state index in [1.54, 1.807) is 0 Å². The van der Waals surface area contributed by atoms with Crippen LogP contribution < -0.4 is 0 Å². The van der Waals surface area contributed by atoms with E-state index < -0.39 is 0 Å². The van der Waals surface area contributed by atoms with E-state index in [-0.39, 0.29) is 11.5 Å². The third-order valence-electron chi connectivity index (χ3n) is 4.14. The average molecular weight is 238 g/mol. The molecule has 3 rings (SSSR count). The van der Waals surface area contributed by atoms with Crippen molar-refractivity contribution in [2.45, 2.75) is 31.3 Å². The normalized spacial score (nSPS) is 18.3. The lowest BCUT2D eigenvalue weighted by atomic mass is 9.85. The summed E-state index contributed by atoms with van der Waals surface area (Å²) in [6.07, 6.45) is 1.91. The zero-order valence-corrected chi connectivity index (χ0v) is 10.6. The van der Waals surface area contributed by atoms with Crippen molar-refractivity contribution in [3.05, 3.63) is 60.2 Å². The summed E-state index contributed by atoms with van der Waals surface area (Å²) in [6, 6.07) is 18.9. The number of aliphatic hydroxyl groups is 1. The lowest BCUT2D eigenvalue weighted by Crippen LogP contribution is -2.23. The van der Waals surface area contributed by atoms with E-state index >= 15 is 0 Å². The summed E-state index contributed by atoms with van der Waals surface area (Å²) < 4.78 is 0. The van der Waals surface area contributed by atoms with Crippen molar-refractivity contribution >= 4 is 0 Å². The number of benzene rings is 2. The quantitative estimate of drug-likeness (QED) is 0.863. The van der Waals surface area contributed by atoms with E-state index in [1.807, 2.05) is 13.0 Å². The number of rotatable bonds is 3. The lowest BCUT2D eigenvalue weighted by Gasteiger charge is -2.22. The molecule has 0 amide bonds. The first kappa shape index (κ1) is 11.5. The molecular formula is C17H18O. The van der Waals surface area contributed by atoms with E-state index in [1.165, 1.54) is 16.7 Å². The highest BCUT2D eigenvalue weighted by molar-refractivity contribution is 5.69. The summed E-state index contributed by atoms with van der Waals surface area (Å²) >= 11 is 0. The molecule has 1 N–H and O–H groups in total. The highest BCUT2D eigenvalue weighted by Gasteiger charge is 2.49. The molecule has 92 valence electrons. The molecule has 18 heavy (non-hydrogen) atoms. The maximum atomic E-state index is 10.1. The summed E-state index contributed by atoms with van der Waals surface area (Å²) in [5.74, 6) is 0. The minimum Gasteiger partial charge on any atom is -0.392 e. The fraction of sp³-hybridized carbons (Fsp3) is 0.294. The first-order chi connectivity index (χ1) is 8.74. The van der Waals surface area contributed by atoms with Gasteiger partial charge in [-0.05, 0) is 36.5 Å². The van der Waals surface area contributed by atoms with Crippen LogP contribution >= 0.6 is 0 Å². The zero-order chi connectivity index (χ0) is 12.6. The number of aliphatic hydroxyl groups excluding tert-OH is 1. The van der Waals surface area contributed by atoms with E-state index in [0.29, 0.717) is 0 Å². The van der Waals surface area contributed by atoms with Gasteiger partial charge in [0, 0.05) is 5.41 Å². The van der Waals surface area contributed by atoms with Crippen molar-refractivity contribution in [2.24, 2.45) is 0 Å². The fourth-order valence-electron chi connectivity index (χ4n) is 2.83. The molecule has 2 aromatic rings. The van der Waals surface area contributed by atoms with Gasteiger partial charge >= 0.3 is 0 Å². The molecular weight excluding hydrogens is 220 g/mol. The second-order valence-corrected chi connectivity index (χ2v) is 5.24. The monoisotopic (exact) mass is 238 g/mol. The second-order valence-electron chi connectivity index (χ2n) is 5.24. The summed E-state index contributed by atoms with van der Waals surface area (Å²) in [7, 11) is 0. The van der Waals surface area contributed by atoms with Crippen LogP contribution in [-0.2, 0) is 5.41 Å². The van der Waals surface area contributed by atoms with Gasteiger partial charge in [0.2, 0.25) is 0 Å². The van der Waals surface area contributed by atoms with Crippen LogP contribution in [0.4, 0.5) is 0 Å². The van der Waals surface area contributed by atoms with Gasteiger partial charge in [-0.25, -0.2) is 0 Å². The van der Waals surface area contributed by atoms with Crippen molar-refractivity contribution in [3.63, 3.8) is 0 Å². The highest BCUT2D eigenvalue weighted by Crippen LogP contribution is 2.53. The third-order valence-corrected chi connectivity index (χ3v) is 4.14. The molecule has 0 spiro atoms. The van der Waals surface area contributed by atoms with Crippen LogP contribution in [0.2, 0.25) is 0 Å². The third kappa shape index (κ3) is 1.75. The molecule has 2 aromatic carbocycles. The van der Waals surface area contributed by atoms with E-state index in [2.05, 4.69) is 48.5 Å². The zero-order valence-electron chi connectivity index (χ0n) is 10.6. The van der Waals surface area contributed by atoms with E-state index in [0.717, 1.165) is 12.8 Å². The molecule has 0 bridgehead atoms. The Bertz CT molecular complexity index is 539. The predicted molar refractivity (Wildman–Crippen MR) is 74.5 cm³/mol. The van der Waals surface area contributed by atoms with Crippen LogP contribution in [0.15, 0.2) is 54.6 Å². The first-order valence-corrected chi connectivity index (χ1v) is 6.57. The van der Waals surface area contributed by atoms with Gasteiger partial charge < -0.3 is 5.11 Å². The fourth-order valence-corrected chi connectivity index (χ4v) is 2.83. The van der Waals surface area contributed by atoms with Crippen LogP contribution in [0, 0.1) is 0 Å². The molecule has 1 unspecified atom stereocenters. The van der Waals surface area contributed by atoms with Crippen molar-refractivity contribution < 1.29 is 5.11 Å². The predicted octanol–water partition coefficient (Wildman–Crippen LogP) is 3.77. The van der Waals surface area contributed by atoms with Gasteiger partial charge in [-0.2, -0.15) is 0 Å². The van der Waals surface area contributed by atoms with Crippen LogP contribution in [0.3, 0.4) is 0 Å². The molecule has 1 nitrogen and oxygen atoms in total.